The number of nitrogens with zero attached hydrogens (tertiary/aromatic N) is 1. The SMILES string of the molecule is O=C(c1cncc(F)c1)C1C2CC3CC(C2)CC1C3. The predicted octanol–water partition coefficient (Wildman–Crippen LogP) is 3.48. The third-order valence-corrected chi connectivity index (χ3v) is 5.52. The van der Waals surface area contributed by atoms with Crippen molar-refractivity contribution in [2.75, 3.05) is 0 Å². The van der Waals surface area contributed by atoms with Crippen molar-refractivity contribution in [2.24, 2.45) is 29.6 Å². The second-order valence-corrected chi connectivity index (χ2v) is 6.71. The quantitative estimate of drug-likeness (QED) is 0.761. The zero-order valence-electron chi connectivity index (χ0n) is 10.9. The van der Waals surface area contributed by atoms with Crippen molar-refractivity contribution >= 4 is 5.78 Å². The smallest absolute Gasteiger partial charge is 0.168 e. The van der Waals surface area contributed by atoms with Crippen LogP contribution in [-0.2, 0) is 0 Å². The number of pyridine rings is 1. The summed E-state index contributed by atoms with van der Waals surface area (Å²) in [4.78, 5) is 16.5. The fraction of sp³-hybridized carbons (Fsp3) is 0.625. The van der Waals surface area contributed by atoms with Crippen LogP contribution in [0.2, 0.25) is 0 Å². The van der Waals surface area contributed by atoms with Crippen molar-refractivity contribution < 1.29 is 9.18 Å². The van der Waals surface area contributed by atoms with E-state index in [9.17, 15) is 9.18 Å². The third-order valence-electron chi connectivity index (χ3n) is 5.52. The molecule has 5 rings (SSSR count). The van der Waals surface area contributed by atoms with Crippen LogP contribution < -0.4 is 0 Å². The lowest BCUT2D eigenvalue weighted by molar-refractivity contribution is -0.0251. The molecule has 0 N–H and O–H groups in total. The van der Waals surface area contributed by atoms with Gasteiger partial charge in [-0.15, -0.1) is 0 Å². The van der Waals surface area contributed by atoms with Crippen LogP contribution in [-0.4, -0.2) is 10.8 Å². The molecule has 0 atom stereocenters. The van der Waals surface area contributed by atoms with E-state index in [-0.39, 0.29) is 11.7 Å². The van der Waals surface area contributed by atoms with Gasteiger partial charge in [0.2, 0.25) is 0 Å². The van der Waals surface area contributed by atoms with Crippen LogP contribution in [0.1, 0.15) is 42.5 Å². The Bertz CT molecular complexity index is 499. The van der Waals surface area contributed by atoms with Crippen molar-refractivity contribution in [2.45, 2.75) is 32.1 Å². The summed E-state index contributed by atoms with van der Waals surface area (Å²) in [6, 6.07) is 1.35. The van der Waals surface area contributed by atoms with Gasteiger partial charge in [0.15, 0.2) is 5.78 Å². The molecule has 19 heavy (non-hydrogen) atoms. The molecule has 4 fully saturated rings. The molecule has 3 heteroatoms. The van der Waals surface area contributed by atoms with E-state index in [1.54, 1.807) is 0 Å². The van der Waals surface area contributed by atoms with Gasteiger partial charge in [-0.25, -0.2) is 4.39 Å². The van der Waals surface area contributed by atoms with Crippen molar-refractivity contribution in [3.63, 3.8) is 0 Å². The standard InChI is InChI=1S/C16H18FNO/c17-14-6-13(7-18-8-14)16(19)15-11-2-9-1-10(4-11)5-12(15)3-9/h6-12,15H,1-5H2. The van der Waals surface area contributed by atoms with Crippen LogP contribution >= 0.6 is 0 Å². The first-order chi connectivity index (χ1) is 9.20. The first-order valence-corrected chi connectivity index (χ1v) is 7.35. The van der Waals surface area contributed by atoms with Gasteiger partial charge in [0.1, 0.15) is 5.82 Å². The fourth-order valence-electron chi connectivity index (χ4n) is 5.09. The van der Waals surface area contributed by atoms with Crippen molar-refractivity contribution in [3.8, 4) is 0 Å². The Kier molecular flexibility index (Phi) is 2.51. The molecule has 0 saturated heterocycles. The maximum absolute atomic E-state index is 13.2. The van der Waals surface area contributed by atoms with Crippen LogP contribution in [0, 0.1) is 35.4 Å². The molecule has 0 unspecified atom stereocenters. The number of rotatable bonds is 2. The summed E-state index contributed by atoms with van der Waals surface area (Å²) >= 11 is 0. The lowest BCUT2D eigenvalue weighted by Crippen LogP contribution is -2.48. The second-order valence-electron chi connectivity index (χ2n) is 6.71. The van der Waals surface area contributed by atoms with Crippen LogP contribution in [0.4, 0.5) is 4.39 Å². The second kappa shape index (κ2) is 4.12. The zero-order valence-corrected chi connectivity index (χ0v) is 10.9. The first kappa shape index (κ1) is 11.6. The molecule has 0 radical (unpaired) electrons. The molecule has 0 amide bonds. The van der Waals surface area contributed by atoms with E-state index in [0.717, 1.165) is 18.0 Å². The average Bonchev–Trinajstić information content (AvgIpc) is 2.37. The fourth-order valence-corrected chi connectivity index (χ4v) is 5.09. The molecule has 4 saturated carbocycles. The average molecular weight is 259 g/mol. The Morgan fingerprint density at radius 2 is 1.68 bits per heavy atom. The molecule has 4 aliphatic carbocycles. The number of hydrogen-bond donors (Lipinski definition) is 0. The Morgan fingerprint density at radius 1 is 1.05 bits per heavy atom. The van der Waals surface area contributed by atoms with Crippen molar-refractivity contribution in [3.05, 3.63) is 29.8 Å². The highest BCUT2D eigenvalue weighted by atomic mass is 19.1. The van der Waals surface area contributed by atoms with Gasteiger partial charge in [-0.3, -0.25) is 9.78 Å². The molecule has 4 bridgehead atoms. The molecule has 2 nitrogen and oxygen atoms in total. The minimum absolute atomic E-state index is 0.136. The number of carbonyl (C=O) groups excluding carboxylic acids is 1. The molecule has 1 heterocycles. The molecular weight excluding hydrogens is 241 g/mol. The minimum Gasteiger partial charge on any atom is -0.294 e. The molecule has 4 aliphatic rings. The Labute approximate surface area is 112 Å². The molecule has 100 valence electrons. The summed E-state index contributed by atoms with van der Waals surface area (Å²) in [5.74, 6) is 2.68. The van der Waals surface area contributed by atoms with Gasteiger partial charge in [-0.1, -0.05) is 0 Å². The summed E-state index contributed by atoms with van der Waals surface area (Å²) in [5.41, 5.74) is 0.470. The number of aromatic nitrogens is 1. The number of halogens is 1. The van der Waals surface area contributed by atoms with E-state index >= 15 is 0 Å². The Balaban J connectivity index is 1.64. The molecule has 0 spiro atoms. The van der Waals surface area contributed by atoms with E-state index in [2.05, 4.69) is 4.98 Å². The lowest BCUT2D eigenvalue weighted by atomic mass is 9.51. The third kappa shape index (κ3) is 1.82. The minimum atomic E-state index is -0.408. The van der Waals surface area contributed by atoms with E-state index < -0.39 is 5.82 Å². The van der Waals surface area contributed by atoms with Gasteiger partial charge < -0.3 is 0 Å². The first-order valence-electron chi connectivity index (χ1n) is 7.35. The summed E-state index contributed by atoms with van der Waals surface area (Å²) < 4.78 is 13.2. The highest BCUT2D eigenvalue weighted by Crippen LogP contribution is 2.57. The van der Waals surface area contributed by atoms with Crippen molar-refractivity contribution in [1.29, 1.82) is 0 Å². The molecule has 0 aliphatic heterocycles. The molecule has 0 aromatic carbocycles. The van der Waals surface area contributed by atoms with E-state index in [1.807, 2.05) is 0 Å². The maximum Gasteiger partial charge on any atom is 0.168 e. The Hall–Kier alpha value is -1.25. The monoisotopic (exact) mass is 259 g/mol. The summed E-state index contributed by atoms with van der Waals surface area (Å²) in [6.45, 7) is 0. The highest BCUT2D eigenvalue weighted by molar-refractivity contribution is 5.98. The summed E-state index contributed by atoms with van der Waals surface area (Å²) in [6.07, 6.45) is 8.93. The normalized spacial score (nSPS) is 39.5. The van der Waals surface area contributed by atoms with Crippen LogP contribution in [0.5, 0.6) is 0 Å². The van der Waals surface area contributed by atoms with Gasteiger partial charge >= 0.3 is 0 Å². The Morgan fingerprint density at radius 3 is 2.26 bits per heavy atom. The molecule has 1 aromatic rings. The van der Waals surface area contributed by atoms with E-state index in [4.69, 9.17) is 0 Å². The van der Waals surface area contributed by atoms with Gasteiger partial charge in [0.05, 0.1) is 6.20 Å². The lowest BCUT2D eigenvalue weighted by Gasteiger charge is -2.53. The number of ketones is 1. The highest BCUT2D eigenvalue weighted by Gasteiger charge is 2.50. The van der Waals surface area contributed by atoms with Gasteiger partial charge in [0, 0.05) is 17.7 Å². The van der Waals surface area contributed by atoms with Crippen molar-refractivity contribution in [1.82, 2.24) is 4.98 Å². The van der Waals surface area contributed by atoms with Crippen LogP contribution in [0.25, 0.3) is 0 Å². The van der Waals surface area contributed by atoms with E-state index in [1.165, 1.54) is 44.4 Å². The van der Waals surface area contributed by atoms with Gasteiger partial charge in [-0.05, 0) is 61.8 Å². The zero-order chi connectivity index (χ0) is 13.0. The predicted molar refractivity (Wildman–Crippen MR) is 69.1 cm³/mol. The molecular formula is C16H18FNO. The van der Waals surface area contributed by atoms with Gasteiger partial charge in [-0.2, -0.15) is 0 Å². The van der Waals surface area contributed by atoms with Crippen LogP contribution in [0.15, 0.2) is 18.5 Å². The number of carbonyl (C=O) groups is 1. The summed E-state index contributed by atoms with van der Waals surface area (Å²) in [5, 5.41) is 0. The molecule has 1 aromatic heterocycles. The topological polar surface area (TPSA) is 30.0 Å². The number of Topliss-reactive ketones (excluding diaryl/α,β-unsaturated/α-hetero) is 1. The van der Waals surface area contributed by atoms with Gasteiger partial charge in [0.25, 0.3) is 0 Å². The van der Waals surface area contributed by atoms with E-state index in [0.29, 0.717) is 17.4 Å². The number of hydrogen-bond acceptors (Lipinski definition) is 2. The maximum atomic E-state index is 13.2. The summed E-state index contributed by atoms with van der Waals surface area (Å²) in [7, 11) is 0. The largest absolute Gasteiger partial charge is 0.294 e. The van der Waals surface area contributed by atoms with Crippen LogP contribution in [0.3, 0.4) is 0 Å².